The van der Waals surface area contributed by atoms with Crippen molar-refractivity contribution in [2.45, 2.75) is 51.3 Å². The Balaban J connectivity index is 1.54. The lowest BCUT2D eigenvalue weighted by atomic mass is 10.0. The lowest BCUT2D eigenvalue weighted by Crippen LogP contribution is -2.71. The van der Waals surface area contributed by atoms with E-state index in [0.29, 0.717) is 23.9 Å². The summed E-state index contributed by atoms with van der Waals surface area (Å²) in [5.74, 6) is -0.413. The molecule has 4 rings (SSSR count). The van der Waals surface area contributed by atoms with E-state index >= 15 is 0 Å². The summed E-state index contributed by atoms with van der Waals surface area (Å²) >= 11 is 3.36. The minimum atomic E-state index is -4.51. The van der Waals surface area contributed by atoms with Crippen molar-refractivity contribution in [1.29, 1.82) is 0 Å². The SMILES string of the molecule is Cc1cc(COC(=O)N2CCC(=O)N3[C@@H]2CN(Cc2ccccc2)C(=O)[C@@H]3CCBr)cc(C(F)(F)F)c1. The van der Waals surface area contributed by atoms with Crippen LogP contribution in [-0.2, 0) is 33.7 Å². The number of benzene rings is 2. The first-order chi connectivity index (χ1) is 17.6. The molecule has 37 heavy (non-hydrogen) atoms. The van der Waals surface area contributed by atoms with Crippen LogP contribution in [0, 0.1) is 6.92 Å². The molecule has 2 aromatic rings. The van der Waals surface area contributed by atoms with Crippen molar-refractivity contribution in [3.8, 4) is 0 Å². The number of rotatable bonds is 6. The quantitative estimate of drug-likeness (QED) is 0.463. The number of nitrogens with zero attached hydrogens (tertiary/aromatic N) is 3. The van der Waals surface area contributed by atoms with Gasteiger partial charge in [-0.25, -0.2) is 4.79 Å². The summed E-state index contributed by atoms with van der Waals surface area (Å²) in [4.78, 5) is 43.9. The Morgan fingerprint density at radius 2 is 1.84 bits per heavy atom. The Kier molecular flexibility index (Phi) is 8.11. The van der Waals surface area contributed by atoms with Gasteiger partial charge < -0.3 is 14.5 Å². The van der Waals surface area contributed by atoms with Gasteiger partial charge in [-0.3, -0.25) is 14.5 Å². The highest BCUT2D eigenvalue weighted by Crippen LogP contribution is 2.32. The van der Waals surface area contributed by atoms with Crippen molar-refractivity contribution in [2.24, 2.45) is 0 Å². The van der Waals surface area contributed by atoms with Gasteiger partial charge in [0, 0.05) is 24.8 Å². The topological polar surface area (TPSA) is 70.2 Å². The van der Waals surface area contributed by atoms with Crippen LogP contribution in [-0.4, -0.2) is 63.2 Å². The van der Waals surface area contributed by atoms with Gasteiger partial charge in [-0.15, -0.1) is 0 Å². The number of alkyl halides is 4. The number of amides is 3. The maximum atomic E-state index is 13.3. The van der Waals surface area contributed by atoms with Gasteiger partial charge in [-0.1, -0.05) is 57.9 Å². The number of hydrogen-bond donors (Lipinski definition) is 0. The lowest BCUT2D eigenvalue weighted by molar-refractivity contribution is -0.168. The van der Waals surface area contributed by atoms with Gasteiger partial charge in [0.15, 0.2) is 0 Å². The van der Waals surface area contributed by atoms with E-state index in [1.165, 1.54) is 15.9 Å². The zero-order chi connectivity index (χ0) is 26.7. The van der Waals surface area contributed by atoms with Gasteiger partial charge in [0.05, 0.1) is 12.1 Å². The van der Waals surface area contributed by atoms with Crippen LogP contribution in [0.2, 0.25) is 0 Å². The zero-order valence-electron chi connectivity index (χ0n) is 20.2. The van der Waals surface area contributed by atoms with Crippen LogP contribution in [0.15, 0.2) is 48.5 Å². The van der Waals surface area contributed by atoms with Crippen LogP contribution in [0.5, 0.6) is 0 Å². The van der Waals surface area contributed by atoms with Crippen molar-refractivity contribution in [3.63, 3.8) is 0 Å². The van der Waals surface area contributed by atoms with Gasteiger partial charge in [-0.05, 0) is 36.6 Å². The second-order valence-electron chi connectivity index (χ2n) is 9.18. The minimum absolute atomic E-state index is 0.0268. The molecule has 11 heteroatoms. The molecule has 3 amide bonds. The van der Waals surface area contributed by atoms with Crippen molar-refractivity contribution in [2.75, 3.05) is 18.4 Å². The molecule has 2 heterocycles. The summed E-state index contributed by atoms with van der Waals surface area (Å²) in [5, 5.41) is 0.485. The predicted octanol–water partition coefficient (Wildman–Crippen LogP) is 4.71. The molecule has 0 bridgehead atoms. The Bertz CT molecular complexity index is 1160. The molecule has 0 N–H and O–H groups in total. The summed E-state index contributed by atoms with van der Waals surface area (Å²) in [6.45, 7) is 1.71. The van der Waals surface area contributed by atoms with Crippen molar-refractivity contribution in [1.82, 2.24) is 14.7 Å². The summed E-state index contributed by atoms with van der Waals surface area (Å²) in [6.07, 6.45) is -5.59. The molecule has 2 aliphatic rings. The third-order valence-corrected chi connectivity index (χ3v) is 6.97. The average Bonchev–Trinajstić information content (AvgIpc) is 2.85. The fourth-order valence-corrected chi connectivity index (χ4v) is 5.29. The first-order valence-corrected chi connectivity index (χ1v) is 13.0. The van der Waals surface area contributed by atoms with Crippen LogP contribution in [0.3, 0.4) is 0 Å². The standard InChI is InChI=1S/C26H27BrF3N3O4/c1-17-11-19(13-20(12-17)26(28,29)30)16-37-25(36)32-10-8-23(34)33-21(7-9-27)24(35)31(15-22(32)33)14-18-5-3-2-4-6-18/h2-6,11-13,21-22H,7-10,14-16H2,1H3/t21-,22+/m0/s1. The molecule has 7 nitrogen and oxygen atoms in total. The van der Waals surface area contributed by atoms with Crippen LogP contribution in [0.1, 0.15) is 35.1 Å². The molecule has 0 unspecified atom stereocenters. The monoisotopic (exact) mass is 581 g/mol. The Morgan fingerprint density at radius 1 is 1.11 bits per heavy atom. The van der Waals surface area contributed by atoms with Gasteiger partial charge in [0.25, 0.3) is 0 Å². The summed E-state index contributed by atoms with van der Waals surface area (Å²) < 4.78 is 45.0. The lowest BCUT2D eigenvalue weighted by Gasteiger charge is -2.51. The van der Waals surface area contributed by atoms with E-state index in [0.717, 1.165) is 17.7 Å². The average molecular weight is 582 g/mol. The number of fused-ring (bicyclic) bond motifs is 1. The number of carbonyl (C=O) groups excluding carboxylic acids is 3. The first-order valence-electron chi connectivity index (χ1n) is 11.9. The molecule has 0 aromatic heterocycles. The largest absolute Gasteiger partial charge is 0.444 e. The molecular formula is C26H27BrF3N3O4. The highest BCUT2D eigenvalue weighted by Gasteiger charge is 2.48. The molecule has 2 aromatic carbocycles. The minimum Gasteiger partial charge on any atom is -0.444 e. The van der Waals surface area contributed by atoms with Gasteiger partial charge >= 0.3 is 12.3 Å². The van der Waals surface area contributed by atoms with Gasteiger partial charge in [-0.2, -0.15) is 13.2 Å². The summed E-state index contributed by atoms with van der Waals surface area (Å²) in [6, 6.07) is 12.2. The molecule has 0 spiro atoms. The number of halogens is 4. The van der Waals surface area contributed by atoms with Crippen LogP contribution in [0.4, 0.5) is 18.0 Å². The normalized spacial score (nSPS) is 20.2. The number of hydrogen-bond acceptors (Lipinski definition) is 4. The Labute approximate surface area is 221 Å². The Hall–Kier alpha value is -3.08. The smallest absolute Gasteiger partial charge is 0.416 e. The van der Waals surface area contributed by atoms with E-state index in [9.17, 15) is 27.6 Å². The highest BCUT2D eigenvalue weighted by atomic mass is 79.9. The fraction of sp³-hybridized carbons (Fsp3) is 0.423. The van der Waals surface area contributed by atoms with E-state index in [2.05, 4.69) is 15.9 Å². The zero-order valence-corrected chi connectivity index (χ0v) is 21.8. The van der Waals surface area contributed by atoms with Crippen molar-refractivity contribution < 1.29 is 32.3 Å². The molecule has 0 radical (unpaired) electrons. The third kappa shape index (κ3) is 6.08. The maximum absolute atomic E-state index is 13.3. The first kappa shape index (κ1) is 27.0. The number of carbonyl (C=O) groups is 3. The van der Waals surface area contributed by atoms with E-state index in [-0.39, 0.29) is 43.5 Å². The van der Waals surface area contributed by atoms with Gasteiger partial charge in [0.1, 0.15) is 18.8 Å². The van der Waals surface area contributed by atoms with Crippen molar-refractivity contribution in [3.05, 3.63) is 70.8 Å². The third-order valence-electron chi connectivity index (χ3n) is 6.51. The number of piperazine rings is 1. The molecule has 198 valence electrons. The molecular weight excluding hydrogens is 555 g/mol. The summed E-state index contributed by atoms with van der Waals surface area (Å²) in [7, 11) is 0. The molecule has 0 saturated carbocycles. The van der Waals surface area contributed by atoms with Crippen molar-refractivity contribution >= 4 is 33.8 Å². The van der Waals surface area contributed by atoms with E-state index in [1.807, 2.05) is 30.3 Å². The van der Waals surface area contributed by atoms with E-state index in [4.69, 9.17) is 4.74 Å². The predicted molar refractivity (Wildman–Crippen MR) is 132 cm³/mol. The second kappa shape index (κ2) is 11.1. The second-order valence-corrected chi connectivity index (χ2v) is 9.98. The van der Waals surface area contributed by atoms with Crippen LogP contribution in [0.25, 0.3) is 0 Å². The molecule has 2 fully saturated rings. The fourth-order valence-electron chi connectivity index (χ4n) is 4.86. The molecule has 2 saturated heterocycles. The molecule has 0 aliphatic carbocycles. The Morgan fingerprint density at radius 3 is 2.51 bits per heavy atom. The number of aryl methyl sites for hydroxylation is 1. The summed E-state index contributed by atoms with van der Waals surface area (Å²) in [5.41, 5.74) is 0.717. The van der Waals surface area contributed by atoms with E-state index in [1.54, 1.807) is 11.8 Å². The van der Waals surface area contributed by atoms with Crippen LogP contribution >= 0.6 is 15.9 Å². The van der Waals surface area contributed by atoms with Crippen LogP contribution < -0.4 is 0 Å². The molecule has 2 atom stereocenters. The van der Waals surface area contributed by atoms with Gasteiger partial charge in [0.2, 0.25) is 11.8 Å². The van der Waals surface area contributed by atoms with E-state index < -0.39 is 30.0 Å². The molecule has 2 aliphatic heterocycles. The highest BCUT2D eigenvalue weighted by molar-refractivity contribution is 9.09. The number of ether oxygens (including phenoxy) is 1. The maximum Gasteiger partial charge on any atom is 0.416 e.